The number of carbonyl (C=O) groups excluding carboxylic acids is 1. The van der Waals surface area contributed by atoms with Crippen molar-refractivity contribution in [2.75, 3.05) is 7.11 Å². The summed E-state index contributed by atoms with van der Waals surface area (Å²) in [4.78, 5) is 15.0. The van der Waals surface area contributed by atoms with Crippen molar-refractivity contribution in [2.45, 2.75) is 25.9 Å². The molecule has 0 aliphatic carbocycles. The second-order valence-electron chi connectivity index (χ2n) is 6.05. The minimum Gasteiger partial charge on any atom is -0.493 e. The van der Waals surface area contributed by atoms with Crippen LogP contribution in [0.5, 0.6) is 11.5 Å². The van der Waals surface area contributed by atoms with Crippen LogP contribution in [0, 0.1) is 0 Å². The second-order valence-corrected chi connectivity index (χ2v) is 10.7. The van der Waals surface area contributed by atoms with E-state index in [9.17, 15) is 4.79 Å². The molecule has 0 spiro atoms. The molecule has 1 aromatic heterocycles. The lowest BCUT2D eigenvalue weighted by Gasteiger charge is -2.35. The lowest BCUT2D eigenvalue weighted by atomic mass is 10.2. The lowest BCUT2D eigenvalue weighted by Crippen LogP contribution is -2.26. The predicted molar refractivity (Wildman–Crippen MR) is 96.9 cm³/mol. The van der Waals surface area contributed by atoms with Crippen LogP contribution in [0.2, 0.25) is 0 Å². The number of aldehydes is 1. The standard InChI is InChI=1S/C17H20NO3PS/c1-17(2,3)22(23,14-7-9-18-10-8-14)21-15-6-5-13(12-19)11-16(15)20-4/h5-12H,1-4H3/t22-/m1/s1. The van der Waals surface area contributed by atoms with Gasteiger partial charge in [-0.05, 0) is 42.1 Å². The largest absolute Gasteiger partial charge is 0.493 e. The first kappa shape index (κ1) is 17.6. The van der Waals surface area contributed by atoms with Gasteiger partial charge in [0.15, 0.2) is 11.5 Å². The number of aromatic nitrogens is 1. The fourth-order valence-corrected chi connectivity index (χ4v) is 4.80. The molecule has 0 radical (unpaired) electrons. The molecule has 122 valence electrons. The molecule has 0 amide bonds. The van der Waals surface area contributed by atoms with Gasteiger partial charge in [-0.3, -0.25) is 9.78 Å². The van der Waals surface area contributed by atoms with Crippen LogP contribution in [-0.2, 0) is 11.8 Å². The first-order chi connectivity index (χ1) is 10.8. The lowest BCUT2D eigenvalue weighted by molar-refractivity contribution is 0.112. The number of hydrogen-bond acceptors (Lipinski definition) is 5. The number of pyridine rings is 1. The Morgan fingerprint density at radius 3 is 2.30 bits per heavy atom. The smallest absolute Gasteiger partial charge is 0.166 e. The van der Waals surface area contributed by atoms with E-state index in [1.54, 1.807) is 37.7 Å². The van der Waals surface area contributed by atoms with Gasteiger partial charge >= 0.3 is 0 Å². The molecule has 0 bridgehead atoms. The topological polar surface area (TPSA) is 48.4 Å². The third kappa shape index (κ3) is 3.62. The van der Waals surface area contributed by atoms with Gasteiger partial charge in [-0.1, -0.05) is 20.8 Å². The molecular weight excluding hydrogens is 329 g/mol. The van der Waals surface area contributed by atoms with Crippen LogP contribution in [0.15, 0.2) is 42.7 Å². The van der Waals surface area contributed by atoms with Gasteiger partial charge in [0.1, 0.15) is 12.6 Å². The zero-order valence-electron chi connectivity index (χ0n) is 13.6. The zero-order valence-corrected chi connectivity index (χ0v) is 15.4. The van der Waals surface area contributed by atoms with Crippen LogP contribution in [-0.4, -0.2) is 23.5 Å². The van der Waals surface area contributed by atoms with Crippen LogP contribution in [0.4, 0.5) is 0 Å². The Bertz CT molecular complexity index is 741. The minimum atomic E-state index is -2.42. The van der Waals surface area contributed by atoms with E-state index in [-0.39, 0.29) is 5.16 Å². The van der Waals surface area contributed by atoms with E-state index in [0.29, 0.717) is 17.1 Å². The fourth-order valence-electron chi connectivity index (χ4n) is 2.09. The highest BCUT2D eigenvalue weighted by Crippen LogP contribution is 2.58. The molecule has 0 saturated heterocycles. The van der Waals surface area contributed by atoms with Gasteiger partial charge in [-0.15, -0.1) is 0 Å². The molecule has 6 heteroatoms. The zero-order chi connectivity index (χ0) is 17.1. The highest BCUT2D eigenvalue weighted by atomic mass is 32.4. The summed E-state index contributed by atoms with van der Waals surface area (Å²) in [5.74, 6) is 1.05. The Hall–Kier alpha value is -1.71. The van der Waals surface area contributed by atoms with E-state index in [4.69, 9.17) is 21.1 Å². The van der Waals surface area contributed by atoms with Crippen molar-refractivity contribution in [3.05, 3.63) is 48.3 Å². The van der Waals surface area contributed by atoms with E-state index in [2.05, 4.69) is 25.8 Å². The average molecular weight is 349 g/mol. The van der Waals surface area contributed by atoms with E-state index >= 15 is 0 Å². The average Bonchev–Trinajstić information content (AvgIpc) is 2.54. The maximum Gasteiger partial charge on any atom is 0.166 e. The van der Waals surface area contributed by atoms with E-state index in [1.807, 2.05) is 12.1 Å². The maximum absolute atomic E-state index is 10.9. The summed E-state index contributed by atoms with van der Waals surface area (Å²) in [6.07, 6.45) is 1.80. The molecule has 0 N–H and O–H groups in total. The molecule has 0 aliphatic heterocycles. The predicted octanol–water partition coefficient (Wildman–Crippen LogP) is 3.80. The summed E-state index contributed by atoms with van der Waals surface area (Å²) in [6, 6.07) is 8.88. The van der Waals surface area contributed by atoms with Crippen molar-refractivity contribution in [3.63, 3.8) is 0 Å². The number of hydrogen-bond donors (Lipinski definition) is 0. The highest BCUT2D eigenvalue weighted by Gasteiger charge is 2.37. The SMILES string of the molecule is COc1cc(C=O)ccc1O[P@@](=S)(c1ccncc1)C(C)(C)C. The Labute approximate surface area is 141 Å². The summed E-state index contributed by atoms with van der Waals surface area (Å²) in [6.45, 7) is 6.21. The summed E-state index contributed by atoms with van der Waals surface area (Å²) in [5.41, 5.74) is 0.530. The van der Waals surface area contributed by atoms with Crippen LogP contribution in [0.3, 0.4) is 0 Å². The number of carbonyl (C=O) groups is 1. The Morgan fingerprint density at radius 2 is 1.78 bits per heavy atom. The normalized spacial score (nSPS) is 13.9. The van der Waals surface area contributed by atoms with Crippen LogP contribution in [0.25, 0.3) is 0 Å². The molecule has 4 nitrogen and oxygen atoms in total. The summed E-state index contributed by atoms with van der Waals surface area (Å²) < 4.78 is 11.7. The molecule has 2 rings (SSSR count). The van der Waals surface area contributed by atoms with Gasteiger partial charge in [0.2, 0.25) is 0 Å². The minimum absolute atomic E-state index is 0.252. The van der Waals surface area contributed by atoms with E-state index in [0.717, 1.165) is 11.6 Å². The molecule has 1 atom stereocenters. The summed E-state index contributed by atoms with van der Waals surface area (Å²) in [7, 11) is 1.55. The van der Waals surface area contributed by atoms with Crippen molar-refractivity contribution >= 4 is 29.7 Å². The molecule has 23 heavy (non-hydrogen) atoms. The number of benzene rings is 1. The monoisotopic (exact) mass is 349 g/mol. The maximum atomic E-state index is 10.9. The third-order valence-electron chi connectivity index (χ3n) is 3.44. The van der Waals surface area contributed by atoms with Crippen molar-refractivity contribution in [1.82, 2.24) is 4.98 Å². The molecule has 0 saturated carbocycles. The third-order valence-corrected chi connectivity index (χ3v) is 9.13. The van der Waals surface area contributed by atoms with Gasteiger partial charge < -0.3 is 9.26 Å². The quantitative estimate of drug-likeness (QED) is 0.607. The van der Waals surface area contributed by atoms with E-state index < -0.39 is 6.26 Å². The van der Waals surface area contributed by atoms with Crippen LogP contribution in [0.1, 0.15) is 31.1 Å². The molecule has 1 heterocycles. The van der Waals surface area contributed by atoms with Crippen LogP contribution >= 0.6 is 6.26 Å². The van der Waals surface area contributed by atoms with Crippen molar-refractivity contribution in [2.24, 2.45) is 0 Å². The Balaban J connectivity index is 2.53. The number of methoxy groups -OCH3 is 1. The van der Waals surface area contributed by atoms with Gasteiger partial charge in [-0.2, -0.15) is 0 Å². The molecular formula is C17H20NO3PS. The van der Waals surface area contributed by atoms with Crippen molar-refractivity contribution < 1.29 is 14.1 Å². The second kappa shape index (κ2) is 6.81. The molecule has 0 unspecified atom stereocenters. The summed E-state index contributed by atoms with van der Waals surface area (Å²) in [5, 5.41) is 0.703. The van der Waals surface area contributed by atoms with E-state index in [1.165, 1.54) is 0 Å². The van der Waals surface area contributed by atoms with Gasteiger partial charge in [-0.25, -0.2) is 0 Å². The highest BCUT2D eigenvalue weighted by molar-refractivity contribution is 8.16. The van der Waals surface area contributed by atoms with Gasteiger partial charge in [0.25, 0.3) is 0 Å². The summed E-state index contributed by atoms with van der Waals surface area (Å²) >= 11 is 5.99. The molecule has 0 aliphatic rings. The van der Waals surface area contributed by atoms with Crippen LogP contribution < -0.4 is 14.6 Å². The molecule has 2 aromatic rings. The number of rotatable bonds is 5. The Morgan fingerprint density at radius 1 is 1.13 bits per heavy atom. The van der Waals surface area contributed by atoms with Crippen molar-refractivity contribution in [1.29, 1.82) is 0 Å². The number of ether oxygens (including phenoxy) is 1. The fraction of sp³-hybridized carbons (Fsp3) is 0.294. The Kier molecular flexibility index (Phi) is 5.23. The van der Waals surface area contributed by atoms with Gasteiger partial charge in [0.05, 0.1) is 7.11 Å². The van der Waals surface area contributed by atoms with Gasteiger partial charge in [0, 0.05) is 28.4 Å². The van der Waals surface area contributed by atoms with Crippen molar-refractivity contribution in [3.8, 4) is 11.5 Å². The first-order valence-electron chi connectivity index (χ1n) is 7.15. The molecule has 0 fully saturated rings. The first-order valence-corrected chi connectivity index (χ1v) is 9.87. The molecule has 1 aromatic carbocycles. The number of nitrogens with zero attached hydrogens (tertiary/aromatic N) is 1.